The normalized spacial score (nSPS) is 11.1. The van der Waals surface area contributed by atoms with Crippen LogP contribution in [0.3, 0.4) is 0 Å². The van der Waals surface area contributed by atoms with E-state index >= 15 is 0 Å². The third-order valence-electron chi connectivity index (χ3n) is 5.29. The summed E-state index contributed by atoms with van der Waals surface area (Å²) in [6.45, 7) is 0. The standard InChI is InChI=1S/C13H10Cl2N4S.C13H9Cl2N3S/c14-9-6-10(15)19-12(11(9)16)17-13(18-19)20-7-8-4-2-1-3-5-8;14-10-6-11(15)18-12(7-10)16-13(17-18)19-8-9-4-2-1-3-5-9/h1-6H,7,16H2;1-7H,8H2. The van der Waals surface area contributed by atoms with Crippen LogP contribution in [0.25, 0.3) is 11.3 Å². The van der Waals surface area contributed by atoms with Crippen LogP contribution in [0, 0.1) is 0 Å². The van der Waals surface area contributed by atoms with Gasteiger partial charge in [-0.15, -0.1) is 10.2 Å². The third kappa shape index (κ3) is 6.92. The second-order valence-corrected chi connectivity index (χ2v) is 11.6. The van der Waals surface area contributed by atoms with Crippen molar-refractivity contribution in [3.8, 4) is 0 Å². The molecule has 0 fully saturated rings. The van der Waals surface area contributed by atoms with Crippen LogP contribution in [-0.4, -0.2) is 29.2 Å². The van der Waals surface area contributed by atoms with Crippen LogP contribution in [0.4, 0.5) is 5.69 Å². The fourth-order valence-electron chi connectivity index (χ4n) is 3.43. The van der Waals surface area contributed by atoms with Crippen LogP contribution in [0.15, 0.2) is 89.2 Å². The minimum absolute atomic E-state index is 0.384. The molecule has 2 aromatic carbocycles. The first kappa shape index (κ1) is 27.9. The maximum absolute atomic E-state index is 6.08. The van der Waals surface area contributed by atoms with Crippen LogP contribution in [0.5, 0.6) is 0 Å². The Labute approximate surface area is 252 Å². The summed E-state index contributed by atoms with van der Waals surface area (Å²) < 4.78 is 3.08. The number of fused-ring (bicyclic) bond motifs is 2. The number of benzene rings is 2. The number of halogens is 4. The SMILES string of the molecule is Clc1cc(Cl)n2nc(SCc3ccccc3)nc2c1.Nc1c(Cl)cc(Cl)n2nc(SCc3ccccc3)nc12. The van der Waals surface area contributed by atoms with E-state index in [9.17, 15) is 0 Å². The third-order valence-corrected chi connectivity index (χ3v) is 8.18. The van der Waals surface area contributed by atoms with Crippen LogP contribution in [-0.2, 0) is 11.5 Å². The lowest BCUT2D eigenvalue weighted by molar-refractivity contribution is 0.887. The number of anilines is 1. The highest BCUT2D eigenvalue weighted by molar-refractivity contribution is 7.98. The van der Waals surface area contributed by atoms with E-state index in [0.29, 0.717) is 47.6 Å². The summed E-state index contributed by atoms with van der Waals surface area (Å²) in [6.07, 6.45) is 0. The maximum atomic E-state index is 6.08. The van der Waals surface area contributed by atoms with Crippen LogP contribution < -0.4 is 5.73 Å². The Morgan fingerprint density at radius 2 is 1.21 bits per heavy atom. The molecule has 0 radical (unpaired) electrons. The van der Waals surface area contributed by atoms with E-state index in [4.69, 9.17) is 52.1 Å². The van der Waals surface area contributed by atoms with Gasteiger partial charge >= 0.3 is 0 Å². The van der Waals surface area contributed by atoms with Gasteiger partial charge in [-0.25, -0.2) is 9.50 Å². The zero-order valence-corrected chi connectivity index (χ0v) is 24.7. The summed E-state index contributed by atoms with van der Waals surface area (Å²) >= 11 is 27.1. The molecule has 198 valence electrons. The summed E-state index contributed by atoms with van der Waals surface area (Å²) in [5.74, 6) is 1.60. The summed E-state index contributed by atoms with van der Waals surface area (Å²) in [7, 11) is 0. The van der Waals surface area contributed by atoms with Gasteiger partial charge in [-0.05, 0) is 23.3 Å². The summed E-state index contributed by atoms with van der Waals surface area (Å²) in [4.78, 5) is 8.77. The molecule has 4 heterocycles. The largest absolute Gasteiger partial charge is 0.394 e. The fraction of sp³-hybridized carbons (Fsp3) is 0.0769. The molecule has 2 N–H and O–H groups in total. The van der Waals surface area contributed by atoms with E-state index in [1.54, 1.807) is 34.5 Å². The van der Waals surface area contributed by atoms with Gasteiger partial charge in [0.05, 0.1) is 10.7 Å². The van der Waals surface area contributed by atoms with Gasteiger partial charge in [0, 0.05) is 22.6 Å². The summed E-state index contributed by atoms with van der Waals surface area (Å²) in [5, 5.41) is 11.8. The quantitative estimate of drug-likeness (QED) is 0.146. The predicted molar refractivity (Wildman–Crippen MR) is 162 cm³/mol. The van der Waals surface area contributed by atoms with E-state index in [1.165, 1.54) is 27.4 Å². The zero-order chi connectivity index (χ0) is 27.4. The molecular formula is C26H19Cl4N7S2. The van der Waals surface area contributed by atoms with Gasteiger partial charge in [0.1, 0.15) is 10.3 Å². The lowest BCUT2D eigenvalue weighted by Gasteiger charge is -2.00. The molecule has 0 aliphatic rings. The molecular weight excluding hydrogens is 616 g/mol. The predicted octanol–water partition coefficient (Wildman–Crippen LogP) is 8.24. The monoisotopic (exact) mass is 633 g/mol. The molecule has 0 unspecified atom stereocenters. The molecule has 13 heteroatoms. The Morgan fingerprint density at radius 1 is 0.667 bits per heavy atom. The number of nitrogens with two attached hydrogens (primary N) is 1. The lowest BCUT2D eigenvalue weighted by Crippen LogP contribution is -1.96. The molecule has 6 aromatic rings. The molecule has 0 atom stereocenters. The molecule has 39 heavy (non-hydrogen) atoms. The van der Waals surface area contributed by atoms with Crippen LogP contribution in [0.2, 0.25) is 20.4 Å². The highest BCUT2D eigenvalue weighted by Crippen LogP contribution is 2.29. The number of pyridine rings is 2. The lowest BCUT2D eigenvalue weighted by atomic mass is 10.2. The van der Waals surface area contributed by atoms with Gasteiger partial charge in [-0.3, -0.25) is 0 Å². The minimum Gasteiger partial charge on any atom is -0.394 e. The first-order chi connectivity index (χ1) is 18.9. The first-order valence-electron chi connectivity index (χ1n) is 11.4. The van der Waals surface area contributed by atoms with E-state index in [0.717, 1.165) is 11.5 Å². The van der Waals surface area contributed by atoms with Crippen molar-refractivity contribution < 1.29 is 0 Å². The van der Waals surface area contributed by atoms with Crippen molar-refractivity contribution in [2.45, 2.75) is 21.8 Å². The Morgan fingerprint density at radius 3 is 1.82 bits per heavy atom. The number of nitrogen functional groups attached to an aromatic ring is 1. The van der Waals surface area contributed by atoms with Crippen molar-refractivity contribution in [2.75, 3.05) is 5.73 Å². The molecule has 6 rings (SSSR count). The molecule has 7 nitrogen and oxygen atoms in total. The van der Waals surface area contributed by atoms with E-state index < -0.39 is 0 Å². The van der Waals surface area contributed by atoms with Crippen molar-refractivity contribution in [1.82, 2.24) is 29.2 Å². The number of hydrogen-bond donors (Lipinski definition) is 1. The molecule has 0 saturated carbocycles. The van der Waals surface area contributed by atoms with Gasteiger partial charge in [0.15, 0.2) is 11.3 Å². The van der Waals surface area contributed by atoms with E-state index in [-0.39, 0.29) is 0 Å². The fourth-order valence-corrected chi connectivity index (χ4v) is 5.96. The van der Waals surface area contributed by atoms with Crippen molar-refractivity contribution in [3.63, 3.8) is 0 Å². The first-order valence-corrected chi connectivity index (χ1v) is 14.9. The Kier molecular flexibility index (Phi) is 9.06. The van der Waals surface area contributed by atoms with E-state index in [1.807, 2.05) is 36.4 Å². The Bertz CT molecular complexity index is 1730. The van der Waals surface area contributed by atoms with Crippen molar-refractivity contribution >= 4 is 86.9 Å². The topological polar surface area (TPSA) is 86.4 Å². The van der Waals surface area contributed by atoms with Crippen molar-refractivity contribution in [1.29, 1.82) is 0 Å². The number of thioether (sulfide) groups is 2. The van der Waals surface area contributed by atoms with Gasteiger partial charge < -0.3 is 5.73 Å². The number of aromatic nitrogens is 6. The highest BCUT2D eigenvalue weighted by Gasteiger charge is 2.13. The smallest absolute Gasteiger partial charge is 0.209 e. The Hall–Kier alpha value is -2.66. The molecule has 0 bridgehead atoms. The zero-order valence-electron chi connectivity index (χ0n) is 20.0. The second-order valence-electron chi connectivity index (χ2n) is 8.07. The second kappa shape index (κ2) is 12.7. The molecule has 0 spiro atoms. The number of rotatable bonds is 6. The summed E-state index contributed by atoms with van der Waals surface area (Å²) in [6, 6.07) is 25.2. The van der Waals surface area contributed by atoms with Crippen LogP contribution in [0.1, 0.15) is 11.1 Å². The molecule has 0 aliphatic carbocycles. The minimum atomic E-state index is 0.384. The van der Waals surface area contributed by atoms with Crippen molar-refractivity contribution in [2.24, 2.45) is 0 Å². The van der Waals surface area contributed by atoms with Gasteiger partial charge in [0.2, 0.25) is 10.3 Å². The number of hydrogen-bond acceptors (Lipinski definition) is 7. The van der Waals surface area contributed by atoms with Gasteiger partial charge in [-0.1, -0.05) is 131 Å². The molecule has 4 aromatic heterocycles. The van der Waals surface area contributed by atoms with Gasteiger partial charge in [0.25, 0.3) is 0 Å². The van der Waals surface area contributed by atoms with Gasteiger partial charge in [-0.2, -0.15) is 9.50 Å². The molecule has 0 saturated heterocycles. The molecule has 0 aliphatic heterocycles. The highest BCUT2D eigenvalue weighted by atomic mass is 35.5. The van der Waals surface area contributed by atoms with Crippen LogP contribution >= 0.6 is 69.9 Å². The Balaban J connectivity index is 0.000000158. The molecule has 0 amide bonds. The number of nitrogens with zero attached hydrogens (tertiary/aromatic N) is 6. The average Bonchev–Trinajstić information content (AvgIpc) is 3.56. The van der Waals surface area contributed by atoms with Crippen molar-refractivity contribution in [3.05, 3.63) is 110 Å². The van der Waals surface area contributed by atoms with E-state index in [2.05, 4.69) is 44.4 Å². The average molecular weight is 635 g/mol. The summed E-state index contributed by atoms with van der Waals surface area (Å²) in [5.41, 5.74) is 9.85. The maximum Gasteiger partial charge on any atom is 0.209 e.